The highest BCUT2D eigenvalue weighted by Crippen LogP contribution is 2.40. The van der Waals surface area contributed by atoms with Crippen molar-refractivity contribution < 1.29 is 0 Å². The fourth-order valence-electron chi connectivity index (χ4n) is 3.12. The molecular weight excluding hydrogens is 232 g/mol. The normalized spacial score (nSPS) is 30.6. The summed E-state index contributed by atoms with van der Waals surface area (Å²) in [5.74, 6) is 0.769. The van der Waals surface area contributed by atoms with E-state index in [4.69, 9.17) is 0 Å². The van der Waals surface area contributed by atoms with E-state index < -0.39 is 0 Å². The molecule has 3 atom stereocenters. The van der Waals surface area contributed by atoms with Crippen LogP contribution in [-0.2, 0) is 0 Å². The molecule has 1 heterocycles. The third-order valence-electron chi connectivity index (χ3n) is 4.34. The quantitative estimate of drug-likeness (QED) is 0.846. The van der Waals surface area contributed by atoms with Crippen molar-refractivity contribution in [2.45, 2.75) is 38.3 Å². The van der Waals surface area contributed by atoms with Crippen LogP contribution in [0.4, 0.5) is 0 Å². The Morgan fingerprint density at radius 3 is 2.89 bits per heavy atom. The summed E-state index contributed by atoms with van der Waals surface area (Å²) in [6.07, 6.45) is 6.16. The fourth-order valence-corrected chi connectivity index (χ4v) is 3.12. The minimum Gasteiger partial charge on any atom is -0.315 e. The molecule has 3 rings (SSSR count). The van der Waals surface area contributed by atoms with E-state index >= 15 is 0 Å². The van der Waals surface area contributed by atoms with Crippen molar-refractivity contribution >= 4 is 6.08 Å². The lowest BCUT2D eigenvalue weighted by Crippen LogP contribution is -2.33. The van der Waals surface area contributed by atoms with Gasteiger partial charge in [-0.15, -0.1) is 0 Å². The maximum absolute atomic E-state index is 3.80. The van der Waals surface area contributed by atoms with E-state index in [-0.39, 0.29) is 0 Å². The smallest absolute Gasteiger partial charge is 0.0207 e. The number of benzene rings is 1. The van der Waals surface area contributed by atoms with Gasteiger partial charge in [0.2, 0.25) is 0 Å². The zero-order chi connectivity index (χ0) is 13.1. The standard InChI is InChI=1S/C17H24N2/c1-2-14(10-13-6-4-3-5-7-13)16-11-17(16)19-15-8-9-18-12-15/h3-7,10,15-19H,2,8-9,11-12H2,1H3/b14-10+. The zero-order valence-corrected chi connectivity index (χ0v) is 11.7. The van der Waals surface area contributed by atoms with Crippen LogP contribution in [-0.4, -0.2) is 25.2 Å². The fraction of sp³-hybridized carbons (Fsp3) is 0.529. The van der Waals surface area contributed by atoms with Gasteiger partial charge in [0.05, 0.1) is 0 Å². The van der Waals surface area contributed by atoms with Crippen LogP contribution in [0.5, 0.6) is 0 Å². The molecule has 1 aliphatic carbocycles. The molecule has 0 radical (unpaired) electrons. The van der Waals surface area contributed by atoms with Crippen LogP contribution >= 0.6 is 0 Å². The molecule has 0 aromatic heterocycles. The summed E-state index contributed by atoms with van der Waals surface area (Å²) in [5, 5.41) is 7.23. The molecular formula is C17H24N2. The Labute approximate surface area is 116 Å². The second kappa shape index (κ2) is 5.89. The van der Waals surface area contributed by atoms with Crippen LogP contribution < -0.4 is 10.6 Å². The highest BCUT2D eigenvalue weighted by Gasteiger charge is 2.40. The second-order valence-corrected chi connectivity index (χ2v) is 5.79. The van der Waals surface area contributed by atoms with Gasteiger partial charge in [0, 0.05) is 18.6 Å². The lowest BCUT2D eigenvalue weighted by atomic mass is 10.0. The van der Waals surface area contributed by atoms with E-state index in [9.17, 15) is 0 Å². The summed E-state index contributed by atoms with van der Waals surface area (Å²) in [6.45, 7) is 4.60. The highest BCUT2D eigenvalue weighted by molar-refractivity contribution is 5.54. The van der Waals surface area contributed by atoms with Crippen LogP contribution in [0.25, 0.3) is 6.08 Å². The van der Waals surface area contributed by atoms with E-state index in [1.54, 1.807) is 5.57 Å². The molecule has 2 N–H and O–H groups in total. The summed E-state index contributed by atoms with van der Waals surface area (Å²) >= 11 is 0. The first kappa shape index (κ1) is 12.9. The number of hydrogen-bond acceptors (Lipinski definition) is 2. The topological polar surface area (TPSA) is 24.1 Å². The first-order valence-corrected chi connectivity index (χ1v) is 7.59. The molecule has 2 nitrogen and oxygen atoms in total. The summed E-state index contributed by atoms with van der Waals surface area (Å²) < 4.78 is 0. The Morgan fingerprint density at radius 1 is 1.37 bits per heavy atom. The number of rotatable bonds is 5. The Balaban J connectivity index is 1.60. The Morgan fingerprint density at radius 2 is 2.21 bits per heavy atom. The molecule has 1 aromatic carbocycles. The van der Waals surface area contributed by atoms with Gasteiger partial charge in [-0.3, -0.25) is 0 Å². The lowest BCUT2D eigenvalue weighted by Gasteiger charge is -2.11. The van der Waals surface area contributed by atoms with Gasteiger partial charge in [0.15, 0.2) is 0 Å². The first-order valence-electron chi connectivity index (χ1n) is 7.59. The van der Waals surface area contributed by atoms with Crippen LogP contribution in [0.2, 0.25) is 0 Å². The van der Waals surface area contributed by atoms with Crippen LogP contribution in [0.3, 0.4) is 0 Å². The van der Waals surface area contributed by atoms with Crippen LogP contribution in [0, 0.1) is 5.92 Å². The van der Waals surface area contributed by atoms with Crippen LogP contribution in [0.15, 0.2) is 35.9 Å². The van der Waals surface area contributed by atoms with E-state index in [1.807, 2.05) is 0 Å². The maximum atomic E-state index is 3.80. The molecule has 1 aromatic rings. The Bertz CT molecular complexity index is 432. The molecule has 0 bridgehead atoms. The van der Waals surface area contributed by atoms with Crippen LogP contribution in [0.1, 0.15) is 31.7 Å². The van der Waals surface area contributed by atoms with Crippen molar-refractivity contribution in [1.82, 2.24) is 10.6 Å². The van der Waals surface area contributed by atoms with Gasteiger partial charge < -0.3 is 10.6 Å². The first-order chi connectivity index (χ1) is 9.36. The van der Waals surface area contributed by atoms with Crippen molar-refractivity contribution in [3.8, 4) is 0 Å². The highest BCUT2D eigenvalue weighted by atomic mass is 15.1. The van der Waals surface area contributed by atoms with E-state index in [0.29, 0.717) is 6.04 Å². The van der Waals surface area contributed by atoms with E-state index in [1.165, 1.54) is 31.4 Å². The summed E-state index contributed by atoms with van der Waals surface area (Å²) in [6, 6.07) is 12.1. The molecule has 19 heavy (non-hydrogen) atoms. The third kappa shape index (κ3) is 3.26. The molecule has 2 aliphatic rings. The van der Waals surface area contributed by atoms with Gasteiger partial charge in [-0.1, -0.05) is 48.9 Å². The second-order valence-electron chi connectivity index (χ2n) is 5.79. The molecule has 1 saturated carbocycles. The van der Waals surface area contributed by atoms with Gasteiger partial charge in [-0.25, -0.2) is 0 Å². The Hall–Kier alpha value is -1.12. The molecule has 1 saturated heterocycles. The van der Waals surface area contributed by atoms with Gasteiger partial charge >= 0.3 is 0 Å². The maximum Gasteiger partial charge on any atom is 0.0207 e. The largest absolute Gasteiger partial charge is 0.315 e. The monoisotopic (exact) mass is 256 g/mol. The molecule has 3 unspecified atom stereocenters. The van der Waals surface area contributed by atoms with Crippen molar-refractivity contribution in [3.63, 3.8) is 0 Å². The lowest BCUT2D eigenvalue weighted by molar-refractivity contribution is 0.530. The molecule has 102 valence electrons. The summed E-state index contributed by atoms with van der Waals surface area (Å²) in [7, 11) is 0. The summed E-state index contributed by atoms with van der Waals surface area (Å²) in [5.41, 5.74) is 2.95. The Kier molecular flexibility index (Phi) is 4.00. The predicted octanol–water partition coefficient (Wildman–Crippen LogP) is 2.82. The predicted molar refractivity (Wildman–Crippen MR) is 81.0 cm³/mol. The minimum absolute atomic E-state index is 0.699. The molecule has 1 aliphatic heterocycles. The number of nitrogens with one attached hydrogen (secondary N) is 2. The SMILES string of the molecule is CC/C(=C\c1ccccc1)C1CC1NC1CCNC1. The van der Waals surface area contributed by atoms with Gasteiger partial charge in [-0.05, 0) is 37.3 Å². The molecule has 0 spiro atoms. The third-order valence-corrected chi connectivity index (χ3v) is 4.34. The average Bonchev–Trinajstić information content (AvgIpc) is 2.99. The van der Waals surface area contributed by atoms with Crippen molar-refractivity contribution in [2.24, 2.45) is 5.92 Å². The summed E-state index contributed by atoms with van der Waals surface area (Å²) in [4.78, 5) is 0. The van der Waals surface area contributed by atoms with Gasteiger partial charge in [0.25, 0.3) is 0 Å². The average molecular weight is 256 g/mol. The molecule has 2 heteroatoms. The molecule has 0 amide bonds. The van der Waals surface area contributed by atoms with Gasteiger partial charge in [0.1, 0.15) is 0 Å². The molecule has 2 fully saturated rings. The van der Waals surface area contributed by atoms with Crippen molar-refractivity contribution in [1.29, 1.82) is 0 Å². The zero-order valence-electron chi connectivity index (χ0n) is 11.7. The van der Waals surface area contributed by atoms with E-state index in [0.717, 1.165) is 18.5 Å². The van der Waals surface area contributed by atoms with Gasteiger partial charge in [-0.2, -0.15) is 0 Å². The van der Waals surface area contributed by atoms with Crippen molar-refractivity contribution in [2.75, 3.05) is 13.1 Å². The van der Waals surface area contributed by atoms with E-state index in [2.05, 4.69) is 54.0 Å². The minimum atomic E-state index is 0.699. The van der Waals surface area contributed by atoms with Crippen molar-refractivity contribution in [3.05, 3.63) is 41.5 Å². The number of hydrogen-bond donors (Lipinski definition) is 2.